The summed E-state index contributed by atoms with van der Waals surface area (Å²) in [6.07, 6.45) is 6.67. The molecule has 13 heteroatoms. The van der Waals surface area contributed by atoms with Gasteiger partial charge in [-0.15, -0.1) is 0 Å². The Labute approximate surface area is 365 Å². The average molecular weight is 862 g/mol. The van der Waals surface area contributed by atoms with Gasteiger partial charge in [0.2, 0.25) is 5.79 Å². The van der Waals surface area contributed by atoms with E-state index in [0.29, 0.717) is 64.3 Å². The van der Waals surface area contributed by atoms with E-state index in [1.807, 2.05) is 60.6 Å². The van der Waals surface area contributed by atoms with Crippen molar-refractivity contribution in [3.63, 3.8) is 0 Å². The van der Waals surface area contributed by atoms with Crippen molar-refractivity contribution in [2.45, 2.75) is 206 Å². The van der Waals surface area contributed by atoms with Crippen LogP contribution in [0.15, 0.2) is 24.8 Å². The molecule has 4 saturated heterocycles. The van der Waals surface area contributed by atoms with E-state index in [9.17, 15) is 24.6 Å². The number of ether oxygens (including phenoxy) is 7. The Kier molecular flexibility index (Phi) is 16.4. The molecule has 61 heavy (non-hydrogen) atoms. The van der Waals surface area contributed by atoms with E-state index in [0.717, 1.165) is 6.42 Å². The molecule has 1 amide bonds. The highest BCUT2D eigenvalue weighted by Gasteiger charge is 2.64. The van der Waals surface area contributed by atoms with E-state index in [4.69, 9.17) is 33.2 Å². The van der Waals surface area contributed by atoms with Gasteiger partial charge in [0, 0.05) is 36.6 Å². The van der Waals surface area contributed by atoms with Gasteiger partial charge in [-0.05, 0) is 103 Å². The van der Waals surface area contributed by atoms with Gasteiger partial charge in [0.05, 0.1) is 53.7 Å². The topological polar surface area (TPSA) is 168 Å². The zero-order valence-corrected chi connectivity index (χ0v) is 39.0. The molecule has 0 bridgehead atoms. The largest absolute Gasteiger partial charge is 0.461 e. The van der Waals surface area contributed by atoms with E-state index in [1.165, 1.54) is 0 Å². The van der Waals surface area contributed by atoms with Crippen LogP contribution in [0.1, 0.15) is 140 Å². The second-order valence-electron chi connectivity index (χ2n) is 19.4. The molecule has 0 radical (unpaired) electrons. The van der Waals surface area contributed by atoms with Crippen LogP contribution in [0.2, 0.25) is 0 Å². The predicted octanol–water partition coefficient (Wildman–Crippen LogP) is 7.59. The van der Waals surface area contributed by atoms with Crippen molar-refractivity contribution in [3.05, 3.63) is 24.8 Å². The Morgan fingerprint density at radius 2 is 1.64 bits per heavy atom. The number of hydrogen-bond acceptors (Lipinski definition) is 12. The Bertz CT molecular complexity index is 1560. The molecule has 0 unspecified atom stereocenters. The third kappa shape index (κ3) is 10.1. The van der Waals surface area contributed by atoms with Crippen LogP contribution in [0.4, 0.5) is 4.79 Å². The Balaban J connectivity index is 1.36. The highest BCUT2D eigenvalue weighted by Crippen LogP contribution is 2.54. The van der Waals surface area contributed by atoms with Gasteiger partial charge >= 0.3 is 12.1 Å². The summed E-state index contributed by atoms with van der Waals surface area (Å²) >= 11 is 0. The van der Waals surface area contributed by atoms with E-state index >= 15 is 0 Å². The summed E-state index contributed by atoms with van der Waals surface area (Å²) in [7, 11) is 0. The third-order valence-corrected chi connectivity index (χ3v) is 15.3. The van der Waals surface area contributed by atoms with Crippen molar-refractivity contribution in [1.82, 2.24) is 5.32 Å². The van der Waals surface area contributed by atoms with Gasteiger partial charge in [-0.3, -0.25) is 9.59 Å². The monoisotopic (exact) mass is 862 g/mol. The molecule has 0 aliphatic carbocycles. The molecule has 5 heterocycles. The number of hydrogen-bond donors (Lipinski definition) is 3. The maximum Gasteiger partial charge on any atom is 0.407 e. The normalized spacial score (nSPS) is 41.4. The molecule has 4 fully saturated rings. The van der Waals surface area contributed by atoms with Crippen LogP contribution in [0.3, 0.4) is 0 Å². The summed E-state index contributed by atoms with van der Waals surface area (Å²) in [5, 5.41) is 25.8. The number of alkyl carbamates (subject to hydrolysis) is 1. The van der Waals surface area contributed by atoms with Crippen molar-refractivity contribution in [3.8, 4) is 0 Å². The SMILES string of the molecule is C=CCOC(=O)[C@H](CC)[C@H]1CC[C@H](C)[C@H]([C@@H](C)[C@H](O)[C@H](C)C(=O)[C@H](CC)[C@H]2O[C@]3(C=C[C@@H](OC(=O)NCC)[C@]4(CC[C@@](C)([C@H]5CC[C@](O)(CC)[C@H](C)O5)O4)O3)[C@H](C)C[C@@H]2C)O1. The van der Waals surface area contributed by atoms with E-state index in [1.54, 1.807) is 13.0 Å². The molecule has 0 aromatic rings. The lowest BCUT2D eigenvalue weighted by molar-refractivity contribution is -0.408. The summed E-state index contributed by atoms with van der Waals surface area (Å²) in [4.78, 5) is 40.6. The molecule has 5 aliphatic rings. The predicted molar refractivity (Wildman–Crippen MR) is 230 cm³/mol. The average Bonchev–Trinajstić information content (AvgIpc) is 3.58. The first-order valence-corrected chi connectivity index (χ1v) is 23.5. The zero-order chi connectivity index (χ0) is 45.1. The minimum atomic E-state index is -1.42. The quantitative estimate of drug-likeness (QED) is 0.103. The maximum atomic E-state index is 14.7. The van der Waals surface area contributed by atoms with Gasteiger partial charge in [-0.1, -0.05) is 68.0 Å². The molecule has 0 saturated carbocycles. The first-order valence-electron chi connectivity index (χ1n) is 23.5. The van der Waals surface area contributed by atoms with Gasteiger partial charge in [0.25, 0.3) is 0 Å². The maximum absolute atomic E-state index is 14.7. The highest BCUT2D eigenvalue weighted by molar-refractivity contribution is 5.84. The fraction of sp³-hybridized carbons (Fsp3) is 0.854. The molecule has 2 spiro atoms. The van der Waals surface area contributed by atoms with Crippen LogP contribution in [0.25, 0.3) is 0 Å². The molecule has 348 valence electrons. The molecular formula is C48H79NO12. The first kappa shape index (κ1) is 49.6. The summed E-state index contributed by atoms with van der Waals surface area (Å²) in [5.74, 6) is -5.29. The number of aliphatic hydroxyl groups excluding tert-OH is 1. The fourth-order valence-electron chi connectivity index (χ4n) is 11.1. The van der Waals surface area contributed by atoms with Crippen LogP contribution in [-0.2, 0) is 42.7 Å². The van der Waals surface area contributed by atoms with Gasteiger partial charge in [0.15, 0.2) is 11.9 Å². The molecule has 18 atom stereocenters. The molecule has 13 nitrogen and oxygen atoms in total. The molecule has 0 aromatic heterocycles. The van der Waals surface area contributed by atoms with Gasteiger partial charge in [0.1, 0.15) is 12.4 Å². The smallest absolute Gasteiger partial charge is 0.407 e. The molecule has 5 rings (SSSR count). The molecule has 5 aliphatic heterocycles. The van der Waals surface area contributed by atoms with Crippen LogP contribution in [0.5, 0.6) is 0 Å². The van der Waals surface area contributed by atoms with Crippen molar-refractivity contribution in [1.29, 1.82) is 0 Å². The lowest BCUT2D eigenvalue weighted by Crippen LogP contribution is -2.63. The number of ketones is 1. The van der Waals surface area contributed by atoms with Gasteiger partial charge in [-0.25, -0.2) is 4.79 Å². The summed E-state index contributed by atoms with van der Waals surface area (Å²) in [5.41, 5.74) is -1.73. The lowest BCUT2D eigenvalue weighted by atomic mass is 9.72. The number of amides is 1. The second kappa shape index (κ2) is 20.2. The van der Waals surface area contributed by atoms with Crippen molar-refractivity contribution < 1.29 is 57.8 Å². The first-order chi connectivity index (χ1) is 28.8. The minimum Gasteiger partial charge on any atom is -0.461 e. The number of carbonyl (C=O) groups is 3. The number of rotatable bonds is 16. The van der Waals surface area contributed by atoms with Crippen LogP contribution < -0.4 is 5.32 Å². The van der Waals surface area contributed by atoms with Crippen molar-refractivity contribution in [2.24, 2.45) is 41.4 Å². The standard InChI is InChI=1S/C48H79NO12/c1-13-26-55-43(52)34(14-2)36-19-18-28(6)41(57-36)32(10)39(50)31(9)40(51)35(15-3)42-29(7)27-30(8)47(59-42)23-21-38(58-44(53)49-17-5)48(61-47)25-24-45(12,60-48)37-20-22-46(54,16-4)33(11)56-37/h13,21,23,28-39,41-42,50,54H,1,14-20,22,24-27H2,2-12H3,(H,49,53)/t28-,29-,30+,31-,32-,33-,34+,35-,36+,37+,38+,39+,41+,42-,45-,46+,47-,48-/m0/s1. The van der Waals surface area contributed by atoms with Crippen molar-refractivity contribution in [2.75, 3.05) is 13.2 Å². The molecular weight excluding hydrogens is 783 g/mol. The Morgan fingerprint density at radius 1 is 0.934 bits per heavy atom. The number of Topliss-reactive ketones (excluding diaryl/α,β-unsaturated/α-hetero) is 1. The number of aliphatic hydroxyl groups is 2. The molecule has 0 aromatic carbocycles. The Hall–Kier alpha value is -2.39. The zero-order valence-electron chi connectivity index (χ0n) is 39.0. The molecule has 3 N–H and O–H groups in total. The van der Waals surface area contributed by atoms with Gasteiger partial charge in [-0.2, -0.15) is 0 Å². The van der Waals surface area contributed by atoms with Crippen molar-refractivity contribution >= 4 is 17.8 Å². The fourth-order valence-corrected chi connectivity index (χ4v) is 11.1. The van der Waals surface area contributed by atoms with E-state index in [-0.39, 0.29) is 60.3 Å². The number of carbonyl (C=O) groups excluding carboxylic acids is 3. The number of esters is 1. The van der Waals surface area contributed by atoms with Crippen LogP contribution >= 0.6 is 0 Å². The second-order valence-corrected chi connectivity index (χ2v) is 19.4. The lowest BCUT2D eigenvalue weighted by Gasteiger charge is -2.54. The van der Waals surface area contributed by atoms with Gasteiger partial charge < -0.3 is 48.7 Å². The number of nitrogens with one attached hydrogen (secondary N) is 1. The minimum absolute atomic E-state index is 0.0213. The summed E-state index contributed by atoms with van der Waals surface area (Å²) in [6.45, 7) is 25.8. The van der Waals surface area contributed by atoms with E-state index in [2.05, 4.69) is 32.7 Å². The van der Waals surface area contributed by atoms with E-state index < -0.39 is 71.0 Å². The Morgan fingerprint density at radius 3 is 2.26 bits per heavy atom. The van der Waals surface area contributed by atoms with Crippen LogP contribution in [-0.4, -0.2) is 107 Å². The summed E-state index contributed by atoms with van der Waals surface area (Å²) in [6, 6.07) is 0. The highest BCUT2D eigenvalue weighted by atomic mass is 16.8. The third-order valence-electron chi connectivity index (χ3n) is 15.3. The van der Waals surface area contributed by atoms with Crippen LogP contribution in [0, 0.1) is 41.4 Å². The summed E-state index contributed by atoms with van der Waals surface area (Å²) < 4.78 is 45.8.